The molecule has 0 aliphatic heterocycles. The molecular formula is C22H25F2NO5. The van der Waals surface area contributed by atoms with E-state index in [1.54, 1.807) is 6.07 Å². The van der Waals surface area contributed by atoms with Crippen LogP contribution in [0.2, 0.25) is 0 Å². The van der Waals surface area contributed by atoms with Gasteiger partial charge in [-0.15, -0.1) is 0 Å². The van der Waals surface area contributed by atoms with Crippen molar-refractivity contribution in [1.82, 2.24) is 0 Å². The largest absolute Gasteiger partial charge is 0.490 e. The fourth-order valence-corrected chi connectivity index (χ4v) is 2.42. The number of hydrogen-bond acceptors (Lipinski definition) is 5. The summed E-state index contributed by atoms with van der Waals surface area (Å²) in [5, 5.41) is 2.10. The first-order valence-electron chi connectivity index (χ1n) is 9.72. The number of anilines is 1. The quantitative estimate of drug-likeness (QED) is 0.562. The Morgan fingerprint density at radius 1 is 0.967 bits per heavy atom. The zero-order chi connectivity index (χ0) is 22.1. The minimum atomic E-state index is -1.28. The van der Waals surface area contributed by atoms with Gasteiger partial charge in [-0.2, -0.15) is 0 Å². The number of esters is 1. The molecule has 2 aromatic carbocycles. The molecule has 0 bridgehead atoms. The number of carbonyl (C=O) groups excluding carboxylic acids is 2. The van der Waals surface area contributed by atoms with Crippen molar-refractivity contribution in [3.63, 3.8) is 0 Å². The topological polar surface area (TPSA) is 73.9 Å². The first-order chi connectivity index (χ1) is 14.4. The number of amides is 1. The Morgan fingerprint density at radius 2 is 1.57 bits per heavy atom. The Labute approximate surface area is 174 Å². The lowest BCUT2D eigenvalue weighted by Gasteiger charge is -2.16. The number of rotatable bonds is 10. The first kappa shape index (κ1) is 23.1. The molecule has 2 aromatic rings. The highest BCUT2D eigenvalue weighted by Gasteiger charge is 2.22. The van der Waals surface area contributed by atoms with Crippen molar-refractivity contribution < 1.29 is 32.6 Å². The van der Waals surface area contributed by atoms with Crippen molar-refractivity contribution in [2.24, 2.45) is 0 Å². The van der Waals surface area contributed by atoms with Crippen LogP contribution in [0.4, 0.5) is 14.5 Å². The third-order valence-corrected chi connectivity index (χ3v) is 3.97. The summed E-state index contributed by atoms with van der Waals surface area (Å²) in [7, 11) is 0. The molecule has 0 radical (unpaired) electrons. The maximum absolute atomic E-state index is 13.7. The summed E-state index contributed by atoms with van der Waals surface area (Å²) >= 11 is 0. The zero-order valence-electron chi connectivity index (χ0n) is 17.2. The lowest BCUT2D eigenvalue weighted by molar-refractivity contribution is -0.123. The first-order valence-corrected chi connectivity index (χ1v) is 9.72. The Bertz CT molecular complexity index is 868. The van der Waals surface area contributed by atoms with Gasteiger partial charge in [-0.3, -0.25) is 4.79 Å². The summed E-state index contributed by atoms with van der Waals surface area (Å²) < 4.78 is 43.8. The van der Waals surface area contributed by atoms with Gasteiger partial charge < -0.3 is 19.5 Å². The van der Waals surface area contributed by atoms with Crippen molar-refractivity contribution in [2.75, 3.05) is 18.5 Å². The van der Waals surface area contributed by atoms with Gasteiger partial charge in [0.25, 0.3) is 5.91 Å². The van der Waals surface area contributed by atoms with Crippen molar-refractivity contribution in [3.05, 3.63) is 53.6 Å². The molecule has 0 saturated carbocycles. The lowest BCUT2D eigenvalue weighted by Crippen LogP contribution is -2.30. The Hall–Kier alpha value is -3.16. The van der Waals surface area contributed by atoms with Gasteiger partial charge in [-0.05, 0) is 50.1 Å². The average molecular weight is 421 g/mol. The van der Waals surface area contributed by atoms with Crippen LogP contribution < -0.4 is 14.8 Å². The second-order valence-electron chi connectivity index (χ2n) is 6.49. The van der Waals surface area contributed by atoms with Gasteiger partial charge in [-0.1, -0.05) is 19.9 Å². The molecule has 0 unspecified atom stereocenters. The lowest BCUT2D eigenvalue weighted by atomic mass is 10.2. The van der Waals surface area contributed by atoms with E-state index in [0.29, 0.717) is 24.7 Å². The van der Waals surface area contributed by atoms with Crippen molar-refractivity contribution in [3.8, 4) is 11.5 Å². The SMILES string of the molecule is CCCOc1ccc(C(=O)O[C@@H](C)C(=O)Nc2c(F)cccc2F)cc1OCCC. The van der Waals surface area contributed by atoms with Crippen LogP contribution in [0.3, 0.4) is 0 Å². The second-order valence-corrected chi connectivity index (χ2v) is 6.49. The summed E-state index contributed by atoms with van der Waals surface area (Å²) in [6, 6.07) is 7.76. The number of para-hydroxylation sites is 1. The molecule has 6 nitrogen and oxygen atoms in total. The van der Waals surface area contributed by atoms with Gasteiger partial charge in [0.2, 0.25) is 0 Å². The van der Waals surface area contributed by atoms with E-state index in [1.165, 1.54) is 25.1 Å². The highest BCUT2D eigenvalue weighted by Crippen LogP contribution is 2.29. The molecule has 162 valence electrons. The van der Waals surface area contributed by atoms with Gasteiger partial charge in [0.05, 0.1) is 18.8 Å². The van der Waals surface area contributed by atoms with Crippen LogP contribution in [0.1, 0.15) is 44.0 Å². The second kappa shape index (κ2) is 11.1. The normalized spacial score (nSPS) is 11.5. The van der Waals surface area contributed by atoms with Gasteiger partial charge in [0.15, 0.2) is 17.6 Å². The minimum absolute atomic E-state index is 0.154. The Kier molecular flexibility index (Phi) is 8.58. The molecule has 1 atom stereocenters. The van der Waals surface area contributed by atoms with E-state index in [2.05, 4.69) is 5.32 Å². The van der Waals surface area contributed by atoms with E-state index in [9.17, 15) is 18.4 Å². The van der Waals surface area contributed by atoms with Crippen LogP contribution >= 0.6 is 0 Å². The molecule has 0 aliphatic carbocycles. The van der Waals surface area contributed by atoms with E-state index in [-0.39, 0.29) is 5.56 Å². The van der Waals surface area contributed by atoms with E-state index in [1.807, 2.05) is 13.8 Å². The van der Waals surface area contributed by atoms with Crippen molar-refractivity contribution in [1.29, 1.82) is 0 Å². The Balaban J connectivity index is 2.09. The van der Waals surface area contributed by atoms with Crippen LogP contribution in [0.5, 0.6) is 11.5 Å². The van der Waals surface area contributed by atoms with E-state index >= 15 is 0 Å². The van der Waals surface area contributed by atoms with Crippen LogP contribution in [0.25, 0.3) is 0 Å². The highest BCUT2D eigenvalue weighted by atomic mass is 19.1. The summed E-state index contributed by atoms with van der Waals surface area (Å²) in [6.45, 7) is 6.16. The zero-order valence-corrected chi connectivity index (χ0v) is 17.2. The number of carbonyl (C=O) groups is 2. The number of hydrogen-bond donors (Lipinski definition) is 1. The van der Waals surface area contributed by atoms with E-state index < -0.39 is 35.3 Å². The van der Waals surface area contributed by atoms with Crippen LogP contribution in [-0.4, -0.2) is 31.2 Å². The van der Waals surface area contributed by atoms with Gasteiger partial charge in [0.1, 0.15) is 17.3 Å². The Morgan fingerprint density at radius 3 is 2.17 bits per heavy atom. The van der Waals surface area contributed by atoms with Crippen LogP contribution in [-0.2, 0) is 9.53 Å². The highest BCUT2D eigenvalue weighted by molar-refractivity contribution is 5.97. The van der Waals surface area contributed by atoms with Crippen LogP contribution in [0, 0.1) is 11.6 Å². The molecule has 1 amide bonds. The summed E-state index contributed by atoms with van der Waals surface area (Å²) in [5.74, 6) is -2.61. The van der Waals surface area contributed by atoms with Gasteiger partial charge in [0, 0.05) is 0 Å². The molecule has 0 fully saturated rings. The van der Waals surface area contributed by atoms with Gasteiger partial charge in [-0.25, -0.2) is 13.6 Å². The summed E-state index contributed by atoms with van der Waals surface area (Å²) in [4.78, 5) is 24.6. The minimum Gasteiger partial charge on any atom is -0.490 e. The molecule has 0 saturated heterocycles. The maximum Gasteiger partial charge on any atom is 0.339 e. The third-order valence-electron chi connectivity index (χ3n) is 3.97. The molecule has 8 heteroatoms. The number of ether oxygens (including phenoxy) is 3. The van der Waals surface area contributed by atoms with Crippen LogP contribution in [0.15, 0.2) is 36.4 Å². The molecule has 2 rings (SSSR count). The van der Waals surface area contributed by atoms with E-state index in [0.717, 1.165) is 25.0 Å². The molecule has 30 heavy (non-hydrogen) atoms. The third kappa shape index (κ3) is 6.17. The summed E-state index contributed by atoms with van der Waals surface area (Å²) in [5.41, 5.74) is -0.445. The fraction of sp³-hybridized carbons (Fsp3) is 0.364. The van der Waals surface area contributed by atoms with Crippen molar-refractivity contribution >= 4 is 17.6 Å². The number of benzene rings is 2. The van der Waals surface area contributed by atoms with Gasteiger partial charge >= 0.3 is 5.97 Å². The predicted octanol–water partition coefficient (Wildman–Crippen LogP) is 4.73. The fourth-order valence-electron chi connectivity index (χ4n) is 2.42. The molecular weight excluding hydrogens is 396 g/mol. The van der Waals surface area contributed by atoms with Crippen molar-refractivity contribution in [2.45, 2.75) is 39.7 Å². The van der Waals surface area contributed by atoms with E-state index in [4.69, 9.17) is 14.2 Å². The molecule has 1 N–H and O–H groups in total. The summed E-state index contributed by atoms with van der Waals surface area (Å²) in [6.07, 6.45) is 0.297. The number of halogens is 2. The molecule has 0 spiro atoms. The predicted molar refractivity (Wildman–Crippen MR) is 108 cm³/mol. The smallest absolute Gasteiger partial charge is 0.339 e. The molecule has 0 aliphatic rings. The monoisotopic (exact) mass is 421 g/mol. The standard InChI is InChI=1S/C22H25F2NO5/c1-4-11-28-18-10-9-15(13-19(18)29-12-5-2)22(27)30-14(3)21(26)25-20-16(23)7-6-8-17(20)24/h6-10,13-14H,4-5,11-12H2,1-3H3,(H,25,26)/t14-/m0/s1. The molecule has 0 heterocycles. The maximum atomic E-state index is 13.7. The molecule has 0 aromatic heterocycles. The number of nitrogens with one attached hydrogen (secondary N) is 1. The average Bonchev–Trinajstić information content (AvgIpc) is 2.73.